The van der Waals surface area contributed by atoms with Gasteiger partial charge in [0, 0.05) is 31.6 Å². The lowest BCUT2D eigenvalue weighted by molar-refractivity contribution is 0.0269. The van der Waals surface area contributed by atoms with Gasteiger partial charge in [-0.2, -0.15) is 0 Å². The molecule has 6 nitrogen and oxygen atoms in total. The van der Waals surface area contributed by atoms with Gasteiger partial charge in [0.1, 0.15) is 22.6 Å². The van der Waals surface area contributed by atoms with Crippen molar-refractivity contribution >= 4 is 33.5 Å². The zero-order valence-corrected chi connectivity index (χ0v) is 18.1. The fourth-order valence-corrected chi connectivity index (χ4v) is 5.58. The minimum absolute atomic E-state index is 0.246. The first-order valence-corrected chi connectivity index (χ1v) is 11.1. The summed E-state index contributed by atoms with van der Waals surface area (Å²) in [6.07, 6.45) is 7.27. The first-order chi connectivity index (χ1) is 13.3. The van der Waals surface area contributed by atoms with Crippen LogP contribution >= 0.6 is 11.3 Å². The number of aromatic nitrogens is 2. The molecule has 2 aromatic rings. The molecule has 1 saturated heterocycles. The molecule has 1 fully saturated rings. The number of hydrogen-bond acceptors (Lipinski definition) is 6. The van der Waals surface area contributed by atoms with Gasteiger partial charge in [-0.3, -0.25) is 0 Å². The second-order valence-corrected chi connectivity index (χ2v) is 10.1. The lowest BCUT2D eigenvalue weighted by Crippen LogP contribution is -2.43. The summed E-state index contributed by atoms with van der Waals surface area (Å²) < 4.78 is 5.50. The number of carbonyl (C=O) groups is 1. The lowest BCUT2D eigenvalue weighted by Gasteiger charge is -2.36. The quantitative estimate of drug-likeness (QED) is 0.768. The van der Waals surface area contributed by atoms with Crippen molar-refractivity contribution in [2.45, 2.75) is 58.5 Å². The summed E-state index contributed by atoms with van der Waals surface area (Å²) in [5.74, 6) is 1.51. The third-order valence-corrected chi connectivity index (χ3v) is 6.74. The highest BCUT2D eigenvalue weighted by molar-refractivity contribution is 7.19. The van der Waals surface area contributed by atoms with Crippen molar-refractivity contribution in [1.29, 1.82) is 0 Å². The molecule has 28 heavy (non-hydrogen) atoms. The van der Waals surface area contributed by atoms with Crippen LogP contribution in [0.1, 0.15) is 50.5 Å². The molecule has 152 valence electrons. The number of fused-ring (bicyclic) bond motifs is 3. The third-order valence-electron chi connectivity index (χ3n) is 5.54. The molecule has 0 radical (unpaired) electrons. The van der Waals surface area contributed by atoms with Crippen LogP contribution < -0.4 is 4.90 Å². The number of thiophene rings is 1. The number of amides is 1. The first kappa shape index (κ1) is 19.4. The molecule has 2 aromatic heterocycles. The summed E-state index contributed by atoms with van der Waals surface area (Å²) in [6, 6.07) is 0. The largest absolute Gasteiger partial charge is 0.444 e. The number of carbonyl (C=O) groups excluding carboxylic acids is 1. The molecular weight excluding hydrogens is 372 g/mol. The summed E-state index contributed by atoms with van der Waals surface area (Å²) in [4.78, 5) is 28.3. The monoisotopic (exact) mass is 402 g/mol. The van der Waals surface area contributed by atoms with Gasteiger partial charge in [0.05, 0.1) is 5.39 Å². The van der Waals surface area contributed by atoms with Crippen LogP contribution in [0.25, 0.3) is 10.2 Å². The summed E-state index contributed by atoms with van der Waals surface area (Å²) >= 11 is 1.84. The predicted octanol–water partition coefficient (Wildman–Crippen LogP) is 4.26. The summed E-state index contributed by atoms with van der Waals surface area (Å²) in [6.45, 7) is 8.36. The van der Waals surface area contributed by atoms with E-state index in [0.29, 0.717) is 12.5 Å². The molecule has 0 saturated carbocycles. The van der Waals surface area contributed by atoms with Crippen LogP contribution in [0.3, 0.4) is 0 Å². The van der Waals surface area contributed by atoms with E-state index in [-0.39, 0.29) is 6.09 Å². The Balaban J connectivity index is 1.49. The fraction of sp³-hybridized carbons (Fsp3) is 0.667. The van der Waals surface area contributed by atoms with E-state index in [2.05, 4.69) is 9.88 Å². The van der Waals surface area contributed by atoms with E-state index in [0.717, 1.165) is 43.0 Å². The van der Waals surface area contributed by atoms with Crippen LogP contribution in [0.2, 0.25) is 0 Å². The van der Waals surface area contributed by atoms with Crippen molar-refractivity contribution in [3.05, 3.63) is 16.8 Å². The third kappa shape index (κ3) is 3.95. The van der Waals surface area contributed by atoms with Crippen molar-refractivity contribution < 1.29 is 9.53 Å². The van der Waals surface area contributed by atoms with Gasteiger partial charge < -0.3 is 14.5 Å². The molecule has 1 aliphatic heterocycles. The zero-order valence-electron chi connectivity index (χ0n) is 17.3. The van der Waals surface area contributed by atoms with E-state index in [1.165, 1.54) is 28.7 Å². The van der Waals surface area contributed by atoms with E-state index in [1.54, 1.807) is 11.2 Å². The standard InChI is InChI=1S/C21H30N4O2S/c1-21(2,3)27-20(26)24(4)11-14-7-6-10-25(12-14)18-17-15-8-5-9-16(15)28-19(17)23-13-22-18/h13-14H,5-12H2,1-4H3/t14-/m1/s1. The van der Waals surface area contributed by atoms with Crippen LogP contribution in [0.15, 0.2) is 6.33 Å². The average molecular weight is 403 g/mol. The minimum atomic E-state index is -0.462. The van der Waals surface area contributed by atoms with Gasteiger partial charge in [0.15, 0.2) is 0 Å². The fourth-order valence-electron chi connectivity index (χ4n) is 4.36. The summed E-state index contributed by atoms with van der Waals surface area (Å²) in [5.41, 5.74) is 1.01. The highest BCUT2D eigenvalue weighted by Gasteiger charge is 2.29. The Morgan fingerprint density at radius 2 is 2.14 bits per heavy atom. The van der Waals surface area contributed by atoms with Crippen molar-refractivity contribution in [3.63, 3.8) is 0 Å². The Kier molecular flexibility index (Phi) is 5.21. The topological polar surface area (TPSA) is 58.6 Å². The van der Waals surface area contributed by atoms with E-state index < -0.39 is 5.60 Å². The van der Waals surface area contributed by atoms with E-state index in [4.69, 9.17) is 9.72 Å². The molecule has 0 N–H and O–H groups in total. The van der Waals surface area contributed by atoms with Gasteiger partial charge in [0.2, 0.25) is 0 Å². The molecule has 7 heteroatoms. The molecule has 2 aliphatic rings. The molecule has 1 atom stereocenters. The number of aryl methyl sites for hydroxylation is 2. The normalized spacial score (nSPS) is 19.7. The smallest absolute Gasteiger partial charge is 0.410 e. The second-order valence-electron chi connectivity index (χ2n) is 9.05. The number of hydrogen-bond donors (Lipinski definition) is 0. The Bertz CT molecular complexity index is 873. The van der Waals surface area contributed by atoms with Gasteiger partial charge in [0.25, 0.3) is 0 Å². The maximum Gasteiger partial charge on any atom is 0.410 e. The molecule has 3 heterocycles. The van der Waals surface area contributed by atoms with Crippen LogP contribution in [0.4, 0.5) is 10.6 Å². The zero-order chi connectivity index (χ0) is 19.9. The van der Waals surface area contributed by atoms with Gasteiger partial charge >= 0.3 is 6.09 Å². The number of anilines is 1. The van der Waals surface area contributed by atoms with E-state index >= 15 is 0 Å². The maximum absolute atomic E-state index is 12.3. The maximum atomic E-state index is 12.3. The highest BCUT2D eigenvalue weighted by Crippen LogP contribution is 2.40. The second kappa shape index (κ2) is 7.50. The Hall–Kier alpha value is -1.89. The van der Waals surface area contributed by atoms with Crippen LogP contribution in [0, 0.1) is 5.92 Å². The molecule has 1 amide bonds. The van der Waals surface area contributed by atoms with Gasteiger partial charge in [-0.15, -0.1) is 11.3 Å². The van der Waals surface area contributed by atoms with E-state index in [9.17, 15) is 4.79 Å². The molecule has 0 bridgehead atoms. The number of nitrogens with zero attached hydrogens (tertiary/aromatic N) is 4. The van der Waals surface area contributed by atoms with Crippen LogP contribution in [0.5, 0.6) is 0 Å². The molecule has 0 spiro atoms. The summed E-state index contributed by atoms with van der Waals surface area (Å²) in [5, 5.41) is 1.28. The number of rotatable bonds is 3. The minimum Gasteiger partial charge on any atom is -0.444 e. The van der Waals surface area contributed by atoms with Gasteiger partial charge in [-0.05, 0) is 64.4 Å². The molecule has 0 aromatic carbocycles. The van der Waals surface area contributed by atoms with Crippen molar-refractivity contribution in [3.8, 4) is 0 Å². The van der Waals surface area contributed by atoms with Gasteiger partial charge in [-0.25, -0.2) is 14.8 Å². The Labute approximate surface area is 170 Å². The molecular formula is C21H30N4O2S. The van der Waals surface area contributed by atoms with E-state index in [1.807, 2.05) is 39.2 Å². The Morgan fingerprint density at radius 1 is 1.32 bits per heavy atom. The first-order valence-electron chi connectivity index (χ1n) is 10.3. The number of ether oxygens (including phenoxy) is 1. The molecule has 4 rings (SSSR count). The van der Waals surface area contributed by atoms with Gasteiger partial charge in [-0.1, -0.05) is 0 Å². The molecule has 0 unspecified atom stereocenters. The van der Waals surface area contributed by atoms with Crippen molar-refractivity contribution in [2.75, 3.05) is 31.6 Å². The average Bonchev–Trinajstić information content (AvgIpc) is 3.21. The Morgan fingerprint density at radius 3 is 2.93 bits per heavy atom. The highest BCUT2D eigenvalue weighted by atomic mass is 32.1. The van der Waals surface area contributed by atoms with Crippen molar-refractivity contribution in [2.24, 2.45) is 5.92 Å². The van der Waals surface area contributed by atoms with Crippen molar-refractivity contribution in [1.82, 2.24) is 14.9 Å². The number of piperidine rings is 1. The van der Waals surface area contributed by atoms with Crippen LogP contribution in [-0.2, 0) is 17.6 Å². The SMILES string of the molecule is CN(C[C@H]1CCCN(c2ncnc3sc4c(c23)CCC4)C1)C(=O)OC(C)(C)C. The van der Waals surface area contributed by atoms with Crippen LogP contribution in [-0.4, -0.2) is 53.2 Å². The lowest BCUT2D eigenvalue weighted by atomic mass is 9.97. The predicted molar refractivity (Wildman–Crippen MR) is 113 cm³/mol. The molecule has 1 aliphatic carbocycles. The summed E-state index contributed by atoms with van der Waals surface area (Å²) in [7, 11) is 1.83.